The van der Waals surface area contributed by atoms with Crippen molar-refractivity contribution in [2.75, 3.05) is 4.43 Å². The molecule has 0 saturated heterocycles. The maximum Gasteiger partial charge on any atom is 0.460 e. The highest BCUT2D eigenvalue weighted by Gasteiger charge is 2.95. The van der Waals surface area contributed by atoms with E-state index in [9.17, 15) is 74.6 Å². The summed E-state index contributed by atoms with van der Waals surface area (Å²) in [4.78, 5) is 0. The van der Waals surface area contributed by atoms with Crippen LogP contribution in [0.2, 0.25) is 0 Å². The van der Waals surface area contributed by atoms with E-state index in [1.54, 1.807) is 0 Å². The summed E-state index contributed by atoms with van der Waals surface area (Å²) < 4.78 is 218. The molecule has 0 aliphatic carbocycles. The number of halogens is 18. The predicted octanol–water partition coefficient (Wildman–Crippen LogP) is 7.03. The molecule has 29 heavy (non-hydrogen) atoms. The van der Waals surface area contributed by atoms with Crippen LogP contribution in [0.3, 0.4) is 0 Å². The van der Waals surface area contributed by atoms with Crippen molar-refractivity contribution in [2.45, 2.75) is 54.1 Å². The Bertz CT molecular complexity index is 574. The topological polar surface area (TPSA) is 0 Å². The van der Waals surface area contributed by atoms with E-state index in [1.807, 2.05) is 0 Å². The summed E-state index contributed by atoms with van der Waals surface area (Å²) in [7, 11) is 0. The number of alkyl halides is 18. The average Bonchev–Trinajstić information content (AvgIpc) is 2.50. The SMILES string of the molecule is FC(F)(F)C(F)(F)C(F)(F)C(F)(F)C(F)(F)C(F)(F)C(F)(F)C(F)(F)[CH]CCI. The molecular formula is C11H5F17I. The summed E-state index contributed by atoms with van der Waals surface area (Å²) >= 11 is 1.18. The lowest BCUT2D eigenvalue weighted by molar-refractivity contribution is -0.460. The second-order valence-corrected chi connectivity index (χ2v) is 6.33. The lowest BCUT2D eigenvalue weighted by Gasteiger charge is -2.42. The second-order valence-electron chi connectivity index (χ2n) is 5.25. The Hall–Kier alpha value is -0.460. The van der Waals surface area contributed by atoms with E-state index in [4.69, 9.17) is 0 Å². The van der Waals surface area contributed by atoms with Crippen LogP contribution in [0.5, 0.6) is 0 Å². The van der Waals surface area contributed by atoms with Gasteiger partial charge in [-0.1, -0.05) is 22.6 Å². The van der Waals surface area contributed by atoms with Crippen molar-refractivity contribution in [1.29, 1.82) is 0 Å². The minimum absolute atomic E-state index is 0.544. The molecule has 0 fully saturated rings. The monoisotopic (exact) mass is 587 g/mol. The Morgan fingerprint density at radius 2 is 0.724 bits per heavy atom. The van der Waals surface area contributed by atoms with Crippen molar-refractivity contribution in [3.63, 3.8) is 0 Å². The van der Waals surface area contributed by atoms with Crippen LogP contribution in [-0.4, -0.2) is 52.1 Å². The van der Waals surface area contributed by atoms with Gasteiger partial charge in [0.2, 0.25) is 0 Å². The van der Waals surface area contributed by atoms with Crippen LogP contribution in [0.4, 0.5) is 74.6 Å². The molecule has 0 nitrogen and oxygen atoms in total. The third-order valence-corrected chi connectivity index (χ3v) is 3.88. The lowest BCUT2D eigenvalue weighted by atomic mass is 9.88. The van der Waals surface area contributed by atoms with Gasteiger partial charge in [-0.2, -0.15) is 74.6 Å². The molecule has 0 heterocycles. The molecule has 0 aromatic rings. The molecule has 0 amide bonds. The highest BCUT2D eigenvalue weighted by Crippen LogP contribution is 2.64. The highest BCUT2D eigenvalue weighted by molar-refractivity contribution is 14.1. The Balaban J connectivity index is 6.57. The van der Waals surface area contributed by atoms with Crippen LogP contribution < -0.4 is 0 Å². The van der Waals surface area contributed by atoms with Crippen molar-refractivity contribution >= 4 is 22.6 Å². The molecule has 175 valence electrons. The van der Waals surface area contributed by atoms with Crippen LogP contribution in [0.15, 0.2) is 0 Å². The Morgan fingerprint density at radius 3 is 1.00 bits per heavy atom. The van der Waals surface area contributed by atoms with Crippen molar-refractivity contribution in [1.82, 2.24) is 0 Å². The summed E-state index contributed by atoms with van der Waals surface area (Å²) in [6.45, 7) is 0. The van der Waals surface area contributed by atoms with Gasteiger partial charge in [0.25, 0.3) is 0 Å². The van der Waals surface area contributed by atoms with Crippen LogP contribution in [0, 0.1) is 6.42 Å². The van der Waals surface area contributed by atoms with Gasteiger partial charge in [-0.3, -0.25) is 0 Å². The van der Waals surface area contributed by atoms with Gasteiger partial charge in [0.05, 0.1) is 0 Å². The zero-order chi connectivity index (χ0) is 24.1. The normalized spacial score (nSPS) is 16.3. The first kappa shape index (κ1) is 28.5. The molecule has 0 bridgehead atoms. The zero-order valence-corrected chi connectivity index (χ0v) is 15.0. The molecule has 0 rings (SSSR count). The molecule has 0 aromatic carbocycles. The smallest absolute Gasteiger partial charge is 0.199 e. The fourth-order valence-electron chi connectivity index (χ4n) is 1.54. The quantitative estimate of drug-likeness (QED) is 0.155. The van der Waals surface area contributed by atoms with Crippen molar-refractivity contribution in [3.8, 4) is 0 Å². The minimum Gasteiger partial charge on any atom is -0.199 e. The van der Waals surface area contributed by atoms with Crippen LogP contribution in [0.25, 0.3) is 0 Å². The fourth-order valence-corrected chi connectivity index (χ4v) is 1.85. The van der Waals surface area contributed by atoms with E-state index in [2.05, 4.69) is 0 Å². The molecular weight excluding hydrogens is 582 g/mol. The Labute approximate surface area is 162 Å². The van der Waals surface area contributed by atoms with Gasteiger partial charge in [-0.15, -0.1) is 0 Å². The van der Waals surface area contributed by atoms with E-state index < -0.39 is 64.9 Å². The summed E-state index contributed by atoms with van der Waals surface area (Å²) in [6.07, 6.45) is -10.1. The summed E-state index contributed by atoms with van der Waals surface area (Å²) in [6, 6.07) is 0. The maximum absolute atomic E-state index is 13.3. The van der Waals surface area contributed by atoms with Gasteiger partial charge in [-0.05, 0) is 6.42 Å². The minimum atomic E-state index is -8.58. The van der Waals surface area contributed by atoms with Crippen LogP contribution in [0.1, 0.15) is 6.42 Å². The Morgan fingerprint density at radius 1 is 0.448 bits per heavy atom. The molecule has 0 N–H and O–H groups in total. The molecule has 0 spiro atoms. The predicted molar refractivity (Wildman–Crippen MR) is 68.5 cm³/mol. The third kappa shape index (κ3) is 3.94. The maximum atomic E-state index is 13.3. The molecule has 0 saturated carbocycles. The van der Waals surface area contributed by atoms with E-state index in [1.165, 1.54) is 22.6 Å². The van der Waals surface area contributed by atoms with Gasteiger partial charge in [0, 0.05) is 10.8 Å². The molecule has 0 aliphatic rings. The van der Waals surface area contributed by atoms with E-state index in [-0.39, 0.29) is 0 Å². The highest BCUT2D eigenvalue weighted by atomic mass is 127. The number of hydrogen-bond donors (Lipinski definition) is 0. The van der Waals surface area contributed by atoms with Gasteiger partial charge in [0.15, 0.2) is 0 Å². The first-order valence-electron chi connectivity index (χ1n) is 6.43. The second kappa shape index (κ2) is 7.59. The van der Waals surface area contributed by atoms with Crippen molar-refractivity contribution < 1.29 is 74.6 Å². The molecule has 18 heteroatoms. The standard InChI is InChI=1S/C11H5F17I/c12-4(13,2-1-3-29)5(14,15)6(16,17)7(18,19)8(20,21)9(22,23)10(24,25)11(26,27)28/h2H,1,3H2. The number of rotatable bonds is 9. The first-order chi connectivity index (χ1) is 12.3. The fraction of sp³-hybridized carbons (Fsp3) is 0.909. The van der Waals surface area contributed by atoms with E-state index >= 15 is 0 Å². The Kier molecular flexibility index (Phi) is 7.47. The van der Waals surface area contributed by atoms with Crippen LogP contribution in [-0.2, 0) is 0 Å². The summed E-state index contributed by atoms with van der Waals surface area (Å²) in [5.41, 5.74) is 0. The van der Waals surface area contributed by atoms with Gasteiger partial charge in [0.1, 0.15) is 0 Å². The van der Waals surface area contributed by atoms with Gasteiger partial charge >= 0.3 is 47.6 Å². The van der Waals surface area contributed by atoms with Crippen molar-refractivity contribution in [2.24, 2.45) is 0 Å². The largest absolute Gasteiger partial charge is 0.460 e. The van der Waals surface area contributed by atoms with E-state index in [0.717, 1.165) is 0 Å². The van der Waals surface area contributed by atoms with E-state index in [0.29, 0.717) is 0 Å². The molecule has 1 radical (unpaired) electrons. The number of hydrogen-bond acceptors (Lipinski definition) is 0. The molecule has 0 unspecified atom stereocenters. The first-order valence-corrected chi connectivity index (χ1v) is 7.95. The third-order valence-electron chi connectivity index (χ3n) is 3.26. The zero-order valence-electron chi connectivity index (χ0n) is 12.8. The van der Waals surface area contributed by atoms with Crippen LogP contribution >= 0.6 is 22.6 Å². The average molecular weight is 587 g/mol. The van der Waals surface area contributed by atoms with Gasteiger partial charge in [-0.25, -0.2) is 0 Å². The molecule has 0 aromatic heterocycles. The summed E-state index contributed by atoms with van der Waals surface area (Å²) in [5.74, 6) is -55.9. The molecule has 0 atom stereocenters. The lowest BCUT2D eigenvalue weighted by Crippen LogP contribution is -2.74. The van der Waals surface area contributed by atoms with Crippen molar-refractivity contribution in [3.05, 3.63) is 6.42 Å². The molecule has 0 aliphatic heterocycles. The van der Waals surface area contributed by atoms with Gasteiger partial charge < -0.3 is 0 Å². The summed E-state index contributed by atoms with van der Waals surface area (Å²) in [5, 5.41) is 0.